The predicted octanol–water partition coefficient (Wildman–Crippen LogP) is 5.26. The Bertz CT molecular complexity index is 772. The molecule has 148 valence electrons. The summed E-state index contributed by atoms with van der Waals surface area (Å²) in [5, 5.41) is 0. The van der Waals surface area contributed by atoms with Crippen LogP contribution in [-0.4, -0.2) is 28.8 Å². The molecule has 0 aromatic carbocycles. The lowest BCUT2D eigenvalue weighted by atomic mass is 10.1. The molecule has 0 amide bonds. The van der Waals surface area contributed by atoms with Crippen molar-refractivity contribution in [3.05, 3.63) is 42.7 Å². The van der Waals surface area contributed by atoms with Gasteiger partial charge in [-0.3, -0.25) is 4.79 Å². The van der Waals surface area contributed by atoms with E-state index in [0.717, 1.165) is 4.48 Å². The van der Waals surface area contributed by atoms with Crippen LogP contribution < -0.4 is 0 Å². The van der Waals surface area contributed by atoms with Crippen molar-refractivity contribution < 1.29 is 28.6 Å². The fourth-order valence-electron chi connectivity index (χ4n) is 1.98. The summed E-state index contributed by atoms with van der Waals surface area (Å²) in [4.78, 5) is 34.8. The van der Waals surface area contributed by atoms with Gasteiger partial charge in [0.25, 0.3) is 0 Å². The van der Waals surface area contributed by atoms with Crippen molar-refractivity contribution in [1.29, 1.82) is 0 Å². The molecule has 0 saturated carbocycles. The number of hydrogen-bond acceptors (Lipinski definition) is 6. The molecule has 0 aliphatic carbocycles. The molecular weight excluding hydrogens is 620 g/mol. The molecular formula is C17H16Br4O6. The standard InChI is InChI=1S/C10H11BrO4.C7H5Br3O2/c1-5(11)9-4-8(10(13)15-9)6(2)14-7(3)12;1-3(9)5-6(10)4(2-8)12-7(5)11/h4,6H,1-3H3;2-3H,1H3/b9-5-;4-2-. The highest BCUT2D eigenvalue weighted by atomic mass is 79.9. The van der Waals surface area contributed by atoms with E-state index in [0.29, 0.717) is 27.1 Å². The second-order valence-electron chi connectivity index (χ2n) is 5.35. The number of hydrogen-bond donors (Lipinski definition) is 0. The Kier molecular flexibility index (Phi) is 9.67. The Morgan fingerprint density at radius 3 is 2.11 bits per heavy atom. The summed E-state index contributed by atoms with van der Waals surface area (Å²) in [6.07, 6.45) is 0.986. The Morgan fingerprint density at radius 2 is 1.78 bits per heavy atom. The minimum atomic E-state index is -0.584. The number of alkyl halides is 1. The summed E-state index contributed by atoms with van der Waals surface area (Å²) < 4.78 is 16.2. The van der Waals surface area contributed by atoms with Crippen molar-refractivity contribution in [1.82, 2.24) is 0 Å². The van der Waals surface area contributed by atoms with E-state index in [2.05, 4.69) is 63.7 Å². The molecule has 0 N–H and O–H groups in total. The molecule has 0 spiro atoms. The summed E-state index contributed by atoms with van der Waals surface area (Å²) in [6, 6.07) is 0. The number of carbonyl (C=O) groups is 3. The van der Waals surface area contributed by atoms with Crippen LogP contribution in [-0.2, 0) is 28.6 Å². The normalized spacial score (nSPS) is 21.8. The van der Waals surface area contributed by atoms with E-state index in [9.17, 15) is 14.4 Å². The first-order valence-electron chi connectivity index (χ1n) is 7.53. The van der Waals surface area contributed by atoms with E-state index in [4.69, 9.17) is 14.2 Å². The molecule has 0 bridgehead atoms. The zero-order valence-corrected chi connectivity index (χ0v) is 21.1. The Hall–Kier alpha value is -0.710. The van der Waals surface area contributed by atoms with Gasteiger partial charge in [0.2, 0.25) is 0 Å². The van der Waals surface area contributed by atoms with Crippen LogP contribution in [0.25, 0.3) is 0 Å². The zero-order valence-electron chi connectivity index (χ0n) is 14.8. The summed E-state index contributed by atoms with van der Waals surface area (Å²) >= 11 is 12.9. The Labute approximate surface area is 190 Å². The molecule has 27 heavy (non-hydrogen) atoms. The second-order valence-corrected chi connectivity index (χ2v) is 9.16. The topological polar surface area (TPSA) is 78.9 Å². The van der Waals surface area contributed by atoms with Gasteiger partial charge in [-0.15, -0.1) is 0 Å². The van der Waals surface area contributed by atoms with Gasteiger partial charge in [-0.2, -0.15) is 0 Å². The lowest BCUT2D eigenvalue weighted by molar-refractivity contribution is -0.145. The Balaban J connectivity index is 0.000000277. The number of esters is 3. The minimum absolute atomic E-state index is 0.00988. The van der Waals surface area contributed by atoms with Crippen LogP contribution in [0.2, 0.25) is 0 Å². The molecule has 2 aliphatic rings. The minimum Gasteiger partial charge on any atom is -0.458 e. The quantitative estimate of drug-likeness (QED) is 0.239. The van der Waals surface area contributed by atoms with Crippen LogP contribution in [0.15, 0.2) is 42.7 Å². The SMILES string of the molecule is CC(=O)OC(C)C1=C/C(=C(\C)Br)OC1=O.CC(Br)C1=C(Br)/C(=C/Br)OC1=O. The van der Waals surface area contributed by atoms with Gasteiger partial charge in [0.1, 0.15) is 11.9 Å². The molecule has 0 saturated heterocycles. The molecule has 10 heteroatoms. The maximum Gasteiger partial charge on any atom is 0.343 e. The monoisotopic (exact) mass is 632 g/mol. The Morgan fingerprint density at radius 1 is 1.19 bits per heavy atom. The molecule has 2 atom stereocenters. The van der Waals surface area contributed by atoms with Crippen LogP contribution in [0.5, 0.6) is 0 Å². The first kappa shape index (κ1) is 24.3. The van der Waals surface area contributed by atoms with Gasteiger partial charge in [-0.1, -0.05) is 47.8 Å². The van der Waals surface area contributed by atoms with Gasteiger partial charge >= 0.3 is 17.9 Å². The van der Waals surface area contributed by atoms with Gasteiger partial charge in [-0.25, -0.2) is 9.59 Å². The van der Waals surface area contributed by atoms with Crippen LogP contribution in [0, 0.1) is 0 Å². The van der Waals surface area contributed by atoms with Gasteiger partial charge in [-0.05, 0) is 42.8 Å². The van der Waals surface area contributed by atoms with Gasteiger partial charge in [0.05, 0.1) is 15.6 Å². The molecule has 0 fully saturated rings. The number of rotatable bonds is 3. The van der Waals surface area contributed by atoms with Crippen molar-refractivity contribution in [2.24, 2.45) is 0 Å². The van der Waals surface area contributed by atoms with E-state index < -0.39 is 18.0 Å². The summed E-state index contributed by atoms with van der Waals surface area (Å²) in [5.74, 6) is -0.242. The number of ether oxygens (including phenoxy) is 3. The van der Waals surface area contributed by atoms with Crippen molar-refractivity contribution in [3.8, 4) is 0 Å². The summed E-state index contributed by atoms with van der Waals surface area (Å²) in [7, 11) is 0. The number of halogens is 4. The number of allylic oxidation sites excluding steroid dienone is 3. The molecule has 0 radical (unpaired) electrons. The molecule has 0 aromatic rings. The highest BCUT2D eigenvalue weighted by Gasteiger charge is 2.30. The largest absolute Gasteiger partial charge is 0.458 e. The van der Waals surface area contributed by atoms with E-state index in [-0.39, 0.29) is 10.8 Å². The van der Waals surface area contributed by atoms with E-state index in [1.54, 1.807) is 24.9 Å². The average molecular weight is 636 g/mol. The lowest BCUT2D eigenvalue weighted by Crippen LogP contribution is -2.18. The fraction of sp³-hybridized carbons (Fsp3) is 0.353. The summed E-state index contributed by atoms with van der Waals surface area (Å²) in [5.41, 5.74) is 0.958. The lowest BCUT2D eigenvalue weighted by Gasteiger charge is -2.09. The average Bonchev–Trinajstić information content (AvgIpc) is 3.07. The number of cyclic esters (lactones) is 2. The molecule has 2 aliphatic heterocycles. The third-order valence-electron chi connectivity index (χ3n) is 3.22. The van der Waals surface area contributed by atoms with E-state index in [1.807, 2.05) is 6.92 Å². The van der Waals surface area contributed by atoms with Crippen molar-refractivity contribution >= 4 is 81.6 Å². The molecule has 6 nitrogen and oxygen atoms in total. The van der Waals surface area contributed by atoms with E-state index >= 15 is 0 Å². The van der Waals surface area contributed by atoms with E-state index in [1.165, 1.54) is 6.92 Å². The predicted molar refractivity (Wildman–Crippen MR) is 114 cm³/mol. The van der Waals surface area contributed by atoms with Crippen molar-refractivity contribution in [3.63, 3.8) is 0 Å². The third-order valence-corrected chi connectivity index (χ3v) is 5.30. The van der Waals surface area contributed by atoms with Crippen molar-refractivity contribution in [2.75, 3.05) is 0 Å². The first-order chi connectivity index (χ1) is 12.5. The van der Waals surface area contributed by atoms with Crippen LogP contribution in [0.3, 0.4) is 0 Å². The summed E-state index contributed by atoms with van der Waals surface area (Å²) in [6.45, 7) is 6.55. The highest BCUT2D eigenvalue weighted by molar-refractivity contribution is 9.12. The van der Waals surface area contributed by atoms with Gasteiger partial charge in [0, 0.05) is 21.2 Å². The van der Waals surface area contributed by atoms with Crippen LogP contribution in [0.4, 0.5) is 0 Å². The zero-order chi connectivity index (χ0) is 20.9. The number of carbonyl (C=O) groups excluding carboxylic acids is 3. The molecule has 2 heterocycles. The molecule has 0 aromatic heterocycles. The van der Waals surface area contributed by atoms with Gasteiger partial charge in [0.15, 0.2) is 5.76 Å². The highest BCUT2D eigenvalue weighted by Crippen LogP contribution is 2.35. The van der Waals surface area contributed by atoms with Crippen LogP contribution in [0.1, 0.15) is 27.7 Å². The molecule has 2 unspecified atom stereocenters. The third kappa shape index (κ3) is 6.69. The van der Waals surface area contributed by atoms with Crippen molar-refractivity contribution in [2.45, 2.75) is 38.6 Å². The van der Waals surface area contributed by atoms with Crippen LogP contribution >= 0.6 is 63.7 Å². The first-order valence-corrected chi connectivity index (χ1v) is 10.9. The smallest absolute Gasteiger partial charge is 0.343 e. The molecule has 2 rings (SSSR count). The second kappa shape index (κ2) is 10.7. The van der Waals surface area contributed by atoms with Gasteiger partial charge < -0.3 is 14.2 Å². The maximum atomic E-state index is 11.4. The maximum absolute atomic E-state index is 11.4. The fourth-order valence-corrected chi connectivity index (χ4v) is 4.23.